The third-order valence-electron chi connectivity index (χ3n) is 7.17. The molecule has 0 spiro atoms. The van der Waals surface area contributed by atoms with E-state index < -0.39 is 0 Å². The number of aromatic nitrogens is 1. The third-order valence-corrected chi connectivity index (χ3v) is 7.17. The van der Waals surface area contributed by atoms with Gasteiger partial charge in [0.1, 0.15) is 0 Å². The van der Waals surface area contributed by atoms with Gasteiger partial charge in [0, 0.05) is 56.3 Å². The number of likely N-dealkylation sites (tertiary alicyclic amines) is 3. The Kier molecular flexibility index (Phi) is 4.40. The molecule has 3 aliphatic rings. The molecule has 3 aliphatic heterocycles. The van der Waals surface area contributed by atoms with Gasteiger partial charge in [0.25, 0.3) is 0 Å². The zero-order valence-electron chi connectivity index (χ0n) is 17.0. The number of rotatable bonds is 3. The SMILES string of the molecule is CN1CCC(C(=O)N2C[C@@H]3CN(Cc4ccc5ncccc5c4)C[C@]3(C)C2)C1. The van der Waals surface area contributed by atoms with Gasteiger partial charge in [0.15, 0.2) is 0 Å². The lowest BCUT2D eigenvalue weighted by atomic mass is 9.83. The molecule has 0 N–H and O–H groups in total. The number of fused-ring (bicyclic) bond motifs is 2. The summed E-state index contributed by atoms with van der Waals surface area (Å²) in [4.78, 5) is 24.4. The number of pyridine rings is 1. The lowest BCUT2D eigenvalue weighted by molar-refractivity contribution is -0.134. The highest BCUT2D eigenvalue weighted by Gasteiger charge is 2.51. The average Bonchev–Trinajstić information content (AvgIpc) is 3.32. The van der Waals surface area contributed by atoms with Gasteiger partial charge in [-0.1, -0.05) is 19.1 Å². The number of carbonyl (C=O) groups excluding carboxylic acids is 1. The summed E-state index contributed by atoms with van der Waals surface area (Å²) in [7, 11) is 2.12. The summed E-state index contributed by atoms with van der Waals surface area (Å²) in [5.74, 6) is 1.21. The lowest BCUT2D eigenvalue weighted by Gasteiger charge is -2.27. The predicted molar refractivity (Wildman–Crippen MR) is 111 cm³/mol. The van der Waals surface area contributed by atoms with E-state index >= 15 is 0 Å². The molecule has 3 fully saturated rings. The summed E-state index contributed by atoms with van der Waals surface area (Å²) in [5.41, 5.74) is 2.65. The highest BCUT2D eigenvalue weighted by molar-refractivity contribution is 5.80. The number of nitrogens with zero attached hydrogens (tertiary/aromatic N) is 4. The fraction of sp³-hybridized carbons (Fsp3) is 0.565. The van der Waals surface area contributed by atoms with Crippen molar-refractivity contribution in [3.8, 4) is 0 Å². The van der Waals surface area contributed by atoms with Gasteiger partial charge in [-0.2, -0.15) is 0 Å². The maximum absolute atomic E-state index is 12.9. The minimum Gasteiger partial charge on any atom is -0.341 e. The number of hydrogen-bond acceptors (Lipinski definition) is 4. The van der Waals surface area contributed by atoms with Crippen LogP contribution in [0.3, 0.4) is 0 Å². The zero-order valence-corrected chi connectivity index (χ0v) is 17.0. The molecule has 5 nitrogen and oxygen atoms in total. The second-order valence-corrected chi connectivity index (χ2v) is 9.52. The maximum Gasteiger partial charge on any atom is 0.227 e. The van der Waals surface area contributed by atoms with E-state index in [1.807, 2.05) is 12.3 Å². The van der Waals surface area contributed by atoms with Crippen molar-refractivity contribution in [2.45, 2.75) is 19.9 Å². The van der Waals surface area contributed by atoms with Crippen LogP contribution >= 0.6 is 0 Å². The first-order valence-corrected chi connectivity index (χ1v) is 10.5. The minimum atomic E-state index is 0.217. The molecule has 148 valence electrons. The standard InChI is InChI=1S/C23H30N4O/c1-23-15-26(11-17-5-6-21-18(10-17)4-3-8-24-21)13-20(23)14-27(16-23)22(28)19-7-9-25(2)12-19/h3-6,8,10,19-20H,7,9,11-16H2,1-2H3/t19?,20-,23+/m0/s1. The van der Waals surface area contributed by atoms with Crippen molar-refractivity contribution in [2.24, 2.45) is 17.3 Å². The average molecular weight is 379 g/mol. The van der Waals surface area contributed by atoms with Crippen LogP contribution in [0.4, 0.5) is 0 Å². The van der Waals surface area contributed by atoms with Crippen LogP contribution in [0, 0.1) is 17.3 Å². The molecular weight excluding hydrogens is 348 g/mol. The molecule has 1 unspecified atom stereocenters. The second kappa shape index (κ2) is 6.82. The Hall–Kier alpha value is -1.98. The zero-order chi connectivity index (χ0) is 19.3. The predicted octanol–water partition coefficient (Wildman–Crippen LogP) is 2.47. The van der Waals surface area contributed by atoms with Gasteiger partial charge in [-0.05, 0) is 49.7 Å². The summed E-state index contributed by atoms with van der Waals surface area (Å²) in [6.45, 7) is 9.39. The van der Waals surface area contributed by atoms with E-state index in [1.165, 1.54) is 10.9 Å². The summed E-state index contributed by atoms with van der Waals surface area (Å²) in [6.07, 6.45) is 2.87. The van der Waals surface area contributed by atoms with E-state index in [1.54, 1.807) is 0 Å². The Morgan fingerprint density at radius 2 is 2.11 bits per heavy atom. The van der Waals surface area contributed by atoms with Crippen molar-refractivity contribution >= 4 is 16.8 Å². The third kappa shape index (κ3) is 3.20. The van der Waals surface area contributed by atoms with Crippen LogP contribution in [0.25, 0.3) is 10.9 Å². The minimum absolute atomic E-state index is 0.217. The van der Waals surface area contributed by atoms with Crippen LogP contribution in [0.1, 0.15) is 18.9 Å². The molecule has 1 amide bonds. The van der Waals surface area contributed by atoms with Gasteiger partial charge in [-0.3, -0.25) is 14.7 Å². The molecule has 1 aromatic carbocycles. The molecule has 3 atom stereocenters. The summed E-state index contributed by atoms with van der Waals surface area (Å²) in [5, 5.41) is 1.21. The van der Waals surface area contributed by atoms with Crippen LogP contribution in [0.5, 0.6) is 0 Å². The second-order valence-electron chi connectivity index (χ2n) is 9.52. The fourth-order valence-corrected chi connectivity index (χ4v) is 5.63. The summed E-state index contributed by atoms with van der Waals surface area (Å²) in [6, 6.07) is 10.7. The van der Waals surface area contributed by atoms with Crippen molar-refractivity contribution in [1.82, 2.24) is 19.7 Å². The molecule has 2 aromatic rings. The van der Waals surface area contributed by atoms with E-state index in [4.69, 9.17) is 0 Å². The topological polar surface area (TPSA) is 39.7 Å². The Morgan fingerprint density at radius 3 is 2.89 bits per heavy atom. The largest absolute Gasteiger partial charge is 0.341 e. The molecule has 28 heavy (non-hydrogen) atoms. The van der Waals surface area contributed by atoms with Crippen LogP contribution in [-0.2, 0) is 11.3 Å². The molecule has 0 bridgehead atoms. The number of carbonyl (C=O) groups is 1. The van der Waals surface area contributed by atoms with Crippen molar-refractivity contribution in [3.05, 3.63) is 42.1 Å². The lowest BCUT2D eigenvalue weighted by Crippen LogP contribution is -2.39. The van der Waals surface area contributed by atoms with Crippen LogP contribution in [0.15, 0.2) is 36.5 Å². The van der Waals surface area contributed by atoms with Gasteiger partial charge in [-0.15, -0.1) is 0 Å². The first-order chi connectivity index (χ1) is 13.5. The molecule has 5 rings (SSSR count). The Bertz CT molecular complexity index is 899. The van der Waals surface area contributed by atoms with Gasteiger partial charge < -0.3 is 9.80 Å². The molecular formula is C23H30N4O. The monoisotopic (exact) mass is 378 g/mol. The summed E-state index contributed by atoms with van der Waals surface area (Å²) < 4.78 is 0. The highest BCUT2D eigenvalue weighted by atomic mass is 16.2. The normalized spacial score (nSPS) is 31.0. The van der Waals surface area contributed by atoms with Crippen LogP contribution in [0.2, 0.25) is 0 Å². The maximum atomic E-state index is 12.9. The highest BCUT2D eigenvalue weighted by Crippen LogP contribution is 2.43. The van der Waals surface area contributed by atoms with E-state index in [0.717, 1.165) is 57.8 Å². The molecule has 3 saturated heterocycles. The number of benzene rings is 1. The van der Waals surface area contributed by atoms with Crippen LogP contribution < -0.4 is 0 Å². The number of amides is 1. The van der Waals surface area contributed by atoms with E-state index in [2.05, 4.69) is 57.9 Å². The molecule has 5 heteroatoms. The van der Waals surface area contributed by atoms with Gasteiger partial charge >= 0.3 is 0 Å². The molecule has 1 aromatic heterocycles. The van der Waals surface area contributed by atoms with Crippen molar-refractivity contribution in [2.75, 3.05) is 46.3 Å². The van der Waals surface area contributed by atoms with Gasteiger partial charge in [0.2, 0.25) is 5.91 Å². The van der Waals surface area contributed by atoms with Crippen molar-refractivity contribution in [1.29, 1.82) is 0 Å². The van der Waals surface area contributed by atoms with E-state index in [-0.39, 0.29) is 11.3 Å². The molecule has 0 saturated carbocycles. The Balaban J connectivity index is 1.23. The van der Waals surface area contributed by atoms with Crippen molar-refractivity contribution in [3.63, 3.8) is 0 Å². The summed E-state index contributed by atoms with van der Waals surface area (Å²) >= 11 is 0. The van der Waals surface area contributed by atoms with Gasteiger partial charge in [0.05, 0.1) is 11.4 Å². The van der Waals surface area contributed by atoms with Gasteiger partial charge in [-0.25, -0.2) is 0 Å². The molecule has 0 radical (unpaired) electrons. The van der Waals surface area contributed by atoms with Crippen molar-refractivity contribution < 1.29 is 4.79 Å². The molecule has 0 aliphatic carbocycles. The first kappa shape index (κ1) is 18.1. The first-order valence-electron chi connectivity index (χ1n) is 10.5. The molecule has 4 heterocycles. The van der Waals surface area contributed by atoms with Crippen LogP contribution in [-0.4, -0.2) is 71.9 Å². The Labute approximate surface area is 167 Å². The fourth-order valence-electron chi connectivity index (χ4n) is 5.63. The Morgan fingerprint density at radius 1 is 1.21 bits per heavy atom. The van der Waals surface area contributed by atoms with E-state index in [0.29, 0.717) is 11.8 Å². The van der Waals surface area contributed by atoms with E-state index in [9.17, 15) is 4.79 Å². The quantitative estimate of drug-likeness (QED) is 0.823. The smallest absolute Gasteiger partial charge is 0.227 e. The number of hydrogen-bond donors (Lipinski definition) is 0.